The molecule has 2 nitrogen and oxygen atoms in total. The Morgan fingerprint density at radius 2 is 2.23 bits per heavy atom. The van der Waals surface area contributed by atoms with Crippen LogP contribution in [0.3, 0.4) is 0 Å². The highest BCUT2D eigenvalue weighted by Gasteiger charge is 2.13. The molecule has 0 aromatic carbocycles. The highest BCUT2D eigenvalue weighted by atomic mass is 32.2. The fourth-order valence-electron chi connectivity index (χ4n) is 1.41. The van der Waals surface area contributed by atoms with Crippen molar-refractivity contribution in [2.24, 2.45) is 5.92 Å². The maximum atomic E-state index is 11.1. The molecule has 1 saturated heterocycles. The molecule has 0 bridgehead atoms. The second kappa shape index (κ2) is 6.08. The van der Waals surface area contributed by atoms with Crippen molar-refractivity contribution in [3.63, 3.8) is 0 Å². The minimum atomic E-state index is 0.0423. The van der Waals surface area contributed by atoms with E-state index in [0.717, 1.165) is 6.54 Å². The molecule has 1 aliphatic heterocycles. The molecule has 74 valence electrons. The molecule has 1 N–H and O–H groups in total. The highest BCUT2D eigenvalue weighted by Crippen LogP contribution is 2.21. The Balaban J connectivity index is 2.13. The van der Waals surface area contributed by atoms with E-state index in [4.69, 9.17) is 0 Å². The zero-order valence-corrected chi connectivity index (χ0v) is 8.90. The van der Waals surface area contributed by atoms with Crippen molar-refractivity contribution in [2.75, 3.05) is 18.1 Å². The van der Waals surface area contributed by atoms with Crippen molar-refractivity contribution in [1.29, 1.82) is 0 Å². The maximum Gasteiger partial charge on any atom is 0.243 e. The van der Waals surface area contributed by atoms with Crippen LogP contribution in [0.5, 0.6) is 0 Å². The predicted molar refractivity (Wildman–Crippen MR) is 57.9 cm³/mol. The molecule has 0 atom stereocenters. The summed E-state index contributed by atoms with van der Waals surface area (Å²) < 4.78 is 0. The summed E-state index contributed by atoms with van der Waals surface area (Å²) >= 11 is 2.02. The Hall–Kier alpha value is -0.440. The summed E-state index contributed by atoms with van der Waals surface area (Å²) in [5.41, 5.74) is 0. The largest absolute Gasteiger partial charge is 0.352 e. The van der Waals surface area contributed by atoms with Gasteiger partial charge >= 0.3 is 0 Å². The van der Waals surface area contributed by atoms with Gasteiger partial charge in [-0.25, -0.2) is 0 Å². The van der Waals surface area contributed by atoms with E-state index in [1.165, 1.54) is 24.3 Å². The second-order valence-corrected chi connectivity index (χ2v) is 4.53. The summed E-state index contributed by atoms with van der Waals surface area (Å²) in [7, 11) is 0. The lowest BCUT2D eigenvalue weighted by Gasteiger charge is -2.20. The molecule has 1 amide bonds. The van der Waals surface area contributed by atoms with Gasteiger partial charge in [0.25, 0.3) is 0 Å². The molecule has 0 aliphatic carbocycles. The van der Waals surface area contributed by atoms with Crippen molar-refractivity contribution in [3.8, 4) is 0 Å². The minimum absolute atomic E-state index is 0.0423. The van der Waals surface area contributed by atoms with Gasteiger partial charge in [0, 0.05) is 6.54 Å². The summed E-state index contributed by atoms with van der Waals surface area (Å²) in [4.78, 5) is 11.1. The molecule has 0 aromatic heterocycles. The number of thioether (sulfide) groups is 1. The van der Waals surface area contributed by atoms with E-state index in [-0.39, 0.29) is 5.91 Å². The summed E-state index contributed by atoms with van der Waals surface area (Å²) in [6.07, 6.45) is 5.85. The van der Waals surface area contributed by atoms with Gasteiger partial charge in [-0.1, -0.05) is 6.08 Å². The number of carbonyl (C=O) groups is 1. The molecular formula is C10H17NOS. The summed E-state index contributed by atoms with van der Waals surface area (Å²) in [6, 6.07) is 0. The molecule has 1 heterocycles. The lowest BCUT2D eigenvalue weighted by molar-refractivity contribution is -0.116. The van der Waals surface area contributed by atoms with Crippen LogP contribution < -0.4 is 5.32 Å². The highest BCUT2D eigenvalue weighted by molar-refractivity contribution is 7.99. The van der Waals surface area contributed by atoms with Crippen LogP contribution in [0.25, 0.3) is 0 Å². The van der Waals surface area contributed by atoms with Gasteiger partial charge in [-0.3, -0.25) is 4.79 Å². The smallest absolute Gasteiger partial charge is 0.243 e. The van der Waals surface area contributed by atoms with Gasteiger partial charge in [0.2, 0.25) is 5.91 Å². The van der Waals surface area contributed by atoms with Crippen LogP contribution in [0.1, 0.15) is 19.8 Å². The SMILES string of the molecule is C/C=C/C(=O)NCC1CCSCC1. The van der Waals surface area contributed by atoms with E-state index < -0.39 is 0 Å². The van der Waals surface area contributed by atoms with Crippen molar-refractivity contribution in [2.45, 2.75) is 19.8 Å². The molecule has 1 aliphatic rings. The molecule has 1 fully saturated rings. The molecule has 1 rings (SSSR count). The average molecular weight is 199 g/mol. The average Bonchev–Trinajstić information content (AvgIpc) is 2.17. The molecule has 0 aromatic rings. The van der Waals surface area contributed by atoms with Crippen molar-refractivity contribution in [3.05, 3.63) is 12.2 Å². The lowest BCUT2D eigenvalue weighted by Crippen LogP contribution is -2.29. The Bertz CT molecular complexity index is 185. The van der Waals surface area contributed by atoms with E-state index in [1.54, 1.807) is 12.2 Å². The number of amides is 1. The normalized spacial score (nSPS) is 19.2. The quantitative estimate of drug-likeness (QED) is 0.702. The van der Waals surface area contributed by atoms with Crippen molar-refractivity contribution >= 4 is 17.7 Å². The predicted octanol–water partition coefficient (Wildman–Crippen LogP) is 1.82. The lowest BCUT2D eigenvalue weighted by atomic mass is 10.0. The van der Waals surface area contributed by atoms with Crippen LogP contribution >= 0.6 is 11.8 Å². The van der Waals surface area contributed by atoms with E-state index in [1.807, 2.05) is 18.7 Å². The summed E-state index contributed by atoms with van der Waals surface area (Å²) in [6.45, 7) is 2.71. The Morgan fingerprint density at radius 1 is 1.54 bits per heavy atom. The van der Waals surface area contributed by atoms with Crippen LogP contribution in [-0.2, 0) is 4.79 Å². The summed E-state index contributed by atoms with van der Waals surface area (Å²) in [5, 5.41) is 2.92. The first-order chi connectivity index (χ1) is 6.33. The molecule has 0 spiro atoms. The number of hydrogen-bond acceptors (Lipinski definition) is 2. The first-order valence-electron chi connectivity index (χ1n) is 4.81. The molecule has 3 heteroatoms. The maximum absolute atomic E-state index is 11.1. The third-order valence-corrected chi connectivity index (χ3v) is 3.27. The van der Waals surface area contributed by atoms with Gasteiger partial charge in [0.15, 0.2) is 0 Å². The topological polar surface area (TPSA) is 29.1 Å². The number of hydrogen-bond donors (Lipinski definition) is 1. The van der Waals surface area contributed by atoms with Crippen LogP contribution in [0.15, 0.2) is 12.2 Å². The third kappa shape index (κ3) is 4.36. The van der Waals surface area contributed by atoms with Gasteiger partial charge in [-0.2, -0.15) is 11.8 Å². The van der Waals surface area contributed by atoms with Gasteiger partial charge in [-0.15, -0.1) is 0 Å². The number of rotatable bonds is 3. The van der Waals surface area contributed by atoms with Gasteiger partial charge < -0.3 is 5.32 Å². The monoisotopic (exact) mass is 199 g/mol. The van der Waals surface area contributed by atoms with E-state index in [9.17, 15) is 4.79 Å². The van der Waals surface area contributed by atoms with Crippen LogP contribution in [0.4, 0.5) is 0 Å². The van der Waals surface area contributed by atoms with Crippen molar-refractivity contribution < 1.29 is 4.79 Å². The second-order valence-electron chi connectivity index (χ2n) is 3.30. The Labute approximate surface area is 84.2 Å². The van der Waals surface area contributed by atoms with Crippen molar-refractivity contribution in [1.82, 2.24) is 5.32 Å². The van der Waals surface area contributed by atoms with Gasteiger partial charge in [-0.05, 0) is 43.3 Å². The van der Waals surface area contributed by atoms with Gasteiger partial charge in [0.1, 0.15) is 0 Å². The van der Waals surface area contributed by atoms with Crippen LogP contribution in [0.2, 0.25) is 0 Å². The number of carbonyl (C=O) groups excluding carboxylic acids is 1. The molecule has 13 heavy (non-hydrogen) atoms. The Morgan fingerprint density at radius 3 is 2.85 bits per heavy atom. The van der Waals surface area contributed by atoms with Crippen LogP contribution in [-0.4, -0.2) is 24.0 Å². The Kier molecular flexibility index (Phi) is 4.98. The van der Waals surface area contributed by atoms with Gasteiger partial charge in [0.05, 0.1) is 0 Å². The van der Waals surface area contributed by atoms with Crippen LogP contribution in [0, 0.1) is 5.92 Å². The minimum Gasteiger partial charge on any atom is -0.352 e. The van der Waals surface area contributed by atoms with E-state index in [0.29, 0.717) is 5.92 Å². The standard InChI is InChI=1S/C10H17NOS/c1-2-3-10(12)11-8-9-4-6-13-7-5-9/h2-3,9H,4-8H2,1H3,(H,11,12)/b3-2+. The van der Waals surface area contributed by atoms with E-state index in [2.05, 4.69) is 5.32 Å². The summed E-state index contributed by atoms with van der Waals surface area (Å²) in [5.74, 6) is 3.25. The first-order valence-corrected chi connectivity index (χ1v) is 5.96. The fraction of sp³-hybridized carbons (Fsp3) is 0.700. The zero-order chi connectivity index (χ0) is 9.52. The molecule has 0 saturated carbocycles. The number of nitrogens with one attached hydrogen (secondary N) is 1. The molecule has 0 radical (unpaired) electrons. The zero-order valence-electron chi connectivity index (χ0n) is 8.08. The number of allylic oxidation sites excluding steroid dienone is 1. The molecule has 0 unspecified atom stereocenters. The molecular weight excluding hydrogens is 182 g/mol. The fourth-order valence-corrected chi connectivity index (χ4v) is 2.61. The third-order valence-electron chi connectivity index (χ3n) is 2.22. The first kappa shape index (κ1) is 10.6. The van der Waals surface area contributed by atoms with E-state index >= 15 is 0 Å².